The van der Waals surface area contributed by atoms with Crippen LogP contribution >= 0.6 is 11.3 Å². The average Bonchev–Trinajstić information content (AvgIpc) is 3.18. The van der Waals surface area contributed by atoms with Crippen LogP contribution in [0.4, 0.5) is 8.78 Å². The summed E-state index contributed by atoms with van der Waals surface area (Å²) in [5.41, 5.74) is 3.64. The molecule has 1 atom stereocenters. The number of likely N-dealkylation sites (N-methyl/N-ethyl adjacent to an activating group) is 1. The van der Waals surface area contributed by atoms with Gasteiger partial charge in [0.2, 0.25) is 5.91 Å². The molecule has 0 bridgehead atoms. The molecule has 3 aromatic rings. The Morgan fingerprint density at radius 2 is 1.76 bits per heavy atom. The van der Waals surface area contributed by atoms with Crippen molar-refractivity contribution in [3.8, 4) is 10.4 Å². The molecule has 0 spiro atoms. The first-order valence-corrected chi connectivity index (χ1v) is 9.98. The largest absolute Gasteiger partial charge is 0.357 e. The highest BCUT2D eigenvalue weighted by Crippen LogP contribution is 2.39. The van der Waals surface area contributed by atoms with E-state index in [2.05, 4.69) is 16.7 Å². The van der Waals surface area contributed by atoms with E-state index in [1.807, 2.05) is 24.3 Å². The van der Waals surface area contributed by atoms with Crippen LogP contribution in [-0.4, -0.2) is 18.9 Å². The predicted molar refractivity (Wildman–Crippen MR) is 108 cm³/mol. The molecule has 0 radical (unpaired) electrons. The minimum absolute atomic E-state index is 0.170. The van der Waals surface area contributed by atoms with Gasteiger partial charge in [0.15, 0.2) is 11.6 Å². The number of halogens is 2. The fourth-order valence-corrected chi connectivity index (χ4v) is 4.70. The zero-order valence-corrected chi connectivity index (χ0v) is 16.4. The minimum atomic E-state index is -1.13. The lowest BCUT2D eigenvalue weighted by atomic mass is 9.91. The molecule has 2 amide bonds. The Hall–Kier alpha value is -3.06. The van der Waals surface area contributed by atoms with Crippen LogP contribution in [0.15, 0.2) is 48.5 Å². The zero-order valence-electron chi connectivity index (χ0n) is 15.6. The molecule has 1 unspecified atom stereocenters. The third kappa shape index (κ3) is 3.65. The van der Waals surface area contributed by atoms with Crippen molar-refractivity contribution in [3.05, 3.63) is 81.7 Å². The van der Waals surface area contributed by atoms with E-state index in [0.29, 0.717) is 4.88 Å². The van der Waals surface area contributed by atoms with Gasteiger partial charge in [-0.05, 0) is 53.3 Å². The summed E-state index contributed by atoms with van der Waals surface area (Å²) < 4.78 is 26.9. The number of hydrogen-bond donors (Lipinski definition) is 2. The van der Waals surface area contributed by atoms with E-state index in [0.717, 1.165) is 41.0 Å². The summed E-state index contributed by atoms with van der Waals surface area (Å²) >= 11 is 1.37. The predicted octanol–water partition coefficient (Wildman–Crippen LogP) is 4.01. The summed E-state index contributed by atoms with van der Waals surface area (Å²) in [4.78, 5) is 26.7. The second-order valence-corrected chi connectivity index (χ2v) is 7.87. The van der Waals surface area contributed by atoms with Gasteiger partial charge in [-0.1, -0.05) is 30.3 Å². The highest BCUT2D eigenvalue weighted by Gasteiger charge is 2.26. The molecule has 2 N–H and O–H groups in total. The van der Waals surface area contributed by atoms with Gasteiger partial charge in [0.25, 0.3) is 5.91 Å². The van der Waals surface area contributed by atoms with E-state index >= 15 is 0 Å². The van der Waals surface area contributed by atoms with Crippen molar-refractivity contribution in [2.75, 3.05) is 7.05 Å². The lowest BCUT2D eigenvalue weighted by Gasteiger charge is -2.17. The molecule has 2 aromatic carbocycles. The van der Waals surface area contributed by atoms with Crippen LogP contribution in [0.5, 0.6) is 0 Å². The minimum Gasteiger partial charge on any atom is -0.357 e. The summed E-state index contributed by atoms with van der Waals surface area (Å²) in [7, 11) is 1.42. The molecule has 148 valence electrons. The second kappa shape index (κ2) is 7.75. The first-order chi connectivity index (χ1) is 14.0. The van der Waals surface area contributed by atoms with Gasteiger partial charge in [0.05, 0.1) is 4.88 Å². The monoisotopic (exact) mass is 412 g/mol. The molecule has 4 nitrogen and oxygen atoms in total. The highest BCUT2D eigenvalue weighted by molar-refractivity contribution is 7.17. The van der Waals surface area contributed by atoms with E-state index in [1.165, 1.54) is 30.0 Å². The standard InChI is InChI=1S/C22H18F2N2O2S/c1-25-22(28)19(13-8-9-16(23)17(24)10-13)26-21(27)18-11-14-7-6-12-4-2-3-5-15(12)20(14)29-18/h2-5,8-11,19H,6-7H2,1H3,(H,25,28)(H,26,27). The molecule has 1 aliphatic carbocycles. The summed E-state index contributed by atoms with van der Waals surface area (Å²) in [6.45, 7) is 0. The van der Waals surface area contributed by atoms with Gasteiger partial charge in [-0.25, -0.2) is 8.78 Å². The quantitative estimate of drug-likeness (QED) is 0.680. The Kier molecular flexibility index (Phi) is 5.15. The summed E-state index contributed by atoms with van der Waals surface area (Å²) in [6.07, 6.45) is 1.76. The molecule has 29 heavy (non-hydrogen) atoms. The molecular weight excluding hydrogens is 394 g/mol. The van der Waals surface area contributed by atoms with Crippen LogP contribution in [0, 0.1) is 11.6 Å². The number of benzene rings is 2. The molecule has 1 heterocycles. The van der Waals surface area contributed by atoms with Crippen LogP contribution in [0.25, 0.3) is 10.4 Å². The molecule has 0 saturated carbocycles. The van der Waals surface area contributed by atoms with Crippen molar-refractivity contribution < 1.29 is 18.4 Å². The van der Waals surface area contributed by atoms with Crippen molar-refractivity contribution in [1.82, 2.24) is 10.6 Å². The third-order valence-electron chi connectivity index (χ3n) is 5.02. The lowest BCUT2D eigenvalue weighted by Crippen LogP contribution is -2.38. The Bertz CT molecular complexity index is 1110. The Labute approximate surface area is 170 Å². The first kappa shape index (κ1) is 19.3. The van der Waals surface area contributed by atoms with E-state index in [4.69, 9.17) is 0 Å². The number of carbonyl (C=O) groups is 2. The lowest BCUT2D eigenvalue weighted by molar-refractivity contribution is -0.122. The molecule has 0 aliphatic heterocycles. The van der Waals surface area contributed by atoms with Gasteiger partial charge in [0.1, 0.15) is 6.04 Å². The van der Waals surface area contributed by atoms with Gasteiger partial charge in [0, 0.05) is 11.9 Å². The van der Waals surface area contributed by atoms with Gasteiger partial charge in [-0.15, -0.1) is 11.3 Å². The van der Waals surface area contributed by atoms with Crippen LogP contribution in [0.2, 0.25) is 0 Å². The number of carbonyl (C=O) groups excluding carboxylic acids is 2. The van der Waals surface area contributed by atoms with Gasteiger partial charge in [-0.2, -0.15) is 0 Å². The van der Waals surface area contributed by atoms with Gasteiger partial charge in [-0.3, -0.25) is 9.59 Å². The molecule has 7 heteroatoms. The van der Waals surface area contributed by atoms with E-state index in [1.54, 1.807) is 0 Å². The topological polar surface area (TPSA) is 58.2 Å². The van der Waals surface area contributed by atoms with Crippen LogP contribution in [0.1, 0.15) is 32.4 Å². The van der Waals surface area contributed by atoms with E-state index in [-0.39, 0.29) is 5.56 Å². The van der Waals surface area contributed by atoms with Gasteiger partial charge < -0.3 is 10.6 Å². The van der Waals surface area contributed by atoms with Crippen LogP contribution in [0.3, 0.4) is 0 Å². The number of hydrogen-bond acceptors (Lipinski definition) is 3. The van der Waals surface area contributed by atoms with Crippen molar-refractivity contribution in [3.63, 3.8) is 0 Å². The Balaban J connectivity index is 1.63. The Morgan fingerprint density at radius 3 is 2.52 bits per heavy atom. The second-order valence-electron chi connectivity index (χ2n) is 6.82. The van der Waals surface area contributed by atoms with Crippen LogP contribution < -0.4 is 10.6 Å². The van der Waals surface area contributed by atoms with Gasteiger partial charge >= 0.3 is 0 Å². The van der Waals surface area contributed by atoms with E-state index in [9.17, 15) is 18.4 Å². The van der Waals surface area contributed by atoms with E-state index < -0.39 is 29.5 Å². The van der Waals surface area contributed by atoms with Crippen molar-refractivity contribution >= 4 is 23.2 Å². The van der Waals surface area contributed by atoms with Crippen LogP contribution in [-0.2, 0) is 17.6 Å². The maximum Gasteiger partial charge on any atom is 0.262 e. The van der Waals surface area contributed by atoms with Crippen molar-refractivity contribution in [1.29, 1.82) is 0 Å². The zero-order chi connectivity index (χ0) is 20.5. The number of fused-ring (bicyclic) bond motifs is 3. The smallest absolute Gasteiger partial charge is 0.262 e. The number of thiophene rings is 1. The number of amides is 2. The summed E-state index contributed by atoms with van der Waals surface area (Å²) in [5, 5.41) is 5.10. The molecule has 4 rings (SSSR count). The Morgan fingerprint density at radius 1 is 1.00 bits per heavy atom. The van der Waals surface area contributed by atoms with Crippen molar-refractivity contribution in [2.24, 2.45) is 0 Å². The molecule has 0 fully saturated rings. The fourth-order valence-electron chi connectivity index (χ4n) is 3.52. The third-order valence-corrected chi connectivity index (χ3v) is 6.23. The highest BCUT2D eigenvalue weighted by atomic mass is 32.1. The normalized spacial score (nSPS) is 13.2. The maximum absolute atomic E-state index is 13.6. The first-order valence-electron chi connectivity index (χ1n) is 9.16. The molecule has 1 aliphatic rings. The number of aryl methyl sites for hydroxylation is 2. The SMILES string of the molecule is CNC(=O)C(NC(=O)c1cc2c(s1)-c1ccccc1CC2)c1ccc(F)c(F)c1. The molecular formula is C22H18F2N2O2S. The summed E-state index contributed by atoms with van der Waals surface area (Å²) in [5.74, 6) is -3.04. The van der Waals surface area contributed by atoms with Crippen molar-refractivity contribution in [2.45, 2.75) is 18.9 Å². The average molecular weight is 412 g/mol. The maximum atomic E-state index is 13.6. The molecule has 0 saturated heterocycles. The fraction of sp³-hybridized carbons (Fsp3) is 0.182. The molecule has 1 aromatic heterocycles. The number of rotatable bonds is 4. The summed E-state index contributed by atoms with van der Waals surface area (Å²) in [6, 6.07) is 12.0. The number of nitrogens with one attached hydrogen (secondary N) is 2.